The zero-order valence-electron chi connectivity index (χ0n) is 6.14. The van der Waals surface area contributed by atoms with Crippen LogP contribution in [0.5, 0.6) is 0 Å². The molecule has 0 saturated carbocycles. The molecule has 2 nitrogen and oxygen atoms in total. The molecule has 0 saturated heterocycles. The van der Waals surface area contributed by atoms with Crippen molar-refractivity contribution < 1.29 is 4.39 Å². The van der Waals surface area contributed by atoms with Gasteiger partial charge >= 0.3 is 0 Å². The number of nitriles is 1. The average Bonchev–Trinajstić information content (AvgIpc) is 2.03. The molecule has 0 atom stereocenters. The molecule has 0 amide bonds. The number of nitrogens with zero attached hydrogens (tertiary/aromatic N) is 1. The van der Waals surface area contributed by atoms with Crippen LogP contribution in [0.15, 0.2) is 22.7 Å². The molecule has 0 aliphatic carbocycles. The molecule has 1 aromatic carbocycles. The molecule has 1 aromatic rings. The zero-order chi connectivity index (χ0) is 8.97. The number of hydrogen-bond acceptors (Lipinski definition) is 2. The van der Waals surface area contributed by atoms with E-state index >= 15 is 0 Å². The highest BCUT2D eigenvalue weighted by atomic mass is 79.9. The van der Waals surface area contributed by atoms with Crippen LogP contribution in [0, 0.1) is 17.1 Å². The molecule has 12 heavy (non-hydrogen) atoms. The number of halogens is 2. The first-order valence-electron chi connectivity index (χ1n) is 3.30. The quantitative estimate of drug-likeness (QED) is 0.791. The minimum absolute atomic E-state index is 0.213. The summed E-state index contributed by atoms with van der Waals surface area (Å²) in [5.74, 6) is -0.301. The Morgan fingerprint density at radius 2 is 2.33 bits per heavy atom. The van der Waals surface area contributed by atoms with Gasteiger partial charge in [-0.25, -0.2) is 4.39 Å². The summed E-state index contributed by atoms with van der Waals surface area (Å²) in [6, 6.07) is 6.20. The van der Waals surface area contributed by atoms with E-state index in [0.29, 0.717) is 4.47 Å². The van der Waals surface area contributed by atoms with Crippen molar-refractivity contribution in [3.05, 3.63) is 28.5 Å². The molecule has 62 valence electrons. The first-order valence-corrected chi connectivity index (χ1v) is 4.09. The van der Waals surface area contributed by atoms with Gasteiger partial charge in [-0.15, -0.1) is 0 Å². The molecule has 0 aliphatic heterocycles. The Morgan fingerprint density at radius 1 is 1.58 bits per heavy atom. The minimum atomic E-state index is -0.301. The van der Waals surface area contributed by atoms with E-state index in [1.807, 2.05) is 6.07 Å². The van der Waals surface area contributed by atoms with Crippen LogP contribution in [0.4, 0.5) is 10.1 Å². The summed E-state index contributed by atoms with van der Waals surface area (Å²) in [6.45, 7) is 0.213. The van der Waals surface area contributed by atoms with E-state index < -0.39 is 0 Å². The fourth-order valence-corrected chi connectivity index (χ4v) is 1.26. The Labute approximate surface area is 78.1 Å². The Balaban J connectivity index is 2.81. The van der Waals surface area contributed by atoms with Crippen LogP contribution < -0.4 is 5.32 Å². The van der Waals surface area contributed by atoms with E-state index in [1.165, 1.54) is 12.1 Å². The fraction of sp³-hybridized carbons (Fsp3) is 0.125. The van der Waals surface area contributed by atoms with Crippen LogP contribution in [0.1, 0.15) is 0 Å². The predicted octanol–water partition coefficient (Wildman–Crippen LogP) is 2.52. The first-order chi connectivity index (χ1) is 5.74. The van der Waals surface area contributed by atoms with E-state index in [2.05, 4.69) is 21.2 Å². The summed E-state index contributed by atoms with van der Waals surface area (Å²) >= 11 is 3.17. The highest BCUT2D eigenvalue weighted by Gasteiger charge is 1.99. The number of hydrogen-bond donors (Lipinski definition) is 1. The van der Waals surface area contributed by atoms with Crippen molar-refractivity contribution in [2.24, 2.45) is 0 Å². The van der Waals surface area contributed by atoms with Crippen molar-refractivity contribution in [2.45, 2.75) is 0 Å². The van der Waals surface area contributed by atoms with Gasteiger partial charge in [0.15, 0.2) is 0 Å². The molecule has 0 spiro atoms. The molecule has 0 heterocycles. The molecule has 0 aromatic heterocycles. The van der Waals surface area contributed by atoms with Crippen LogP contribution in [0.2, 0.25) is 0 Å². The highest BCUT2D eigenvalue weighted by molar-refractivity contribution is 9.10. The highest BCUT2D eigenvalue weighted by Crippen LogP contribution is 2.22. The van der Waals surface area contributed by atoms with E-state index in [0.717, 1.165) is 5.69 Å². The van der Waals surface area contributed by atoms with Crippen LogP contribution in [0.3, 0.4) is 0 Å². The van der Waals surface area contributed by atoms with Gasteiger partial charge in [-0.2, -0.15) is 5.26 Å². The van der Waals surface area contributed by atoms with Crippen LogP contribution >= 0.6 is 15.9 Å². The third kappa shape index (κ3) is 2.21. The standard InChI is InChI=1S/C8H6BrFN2/c9-7-5-6(10)1-2-8(7)12-4-3-11/h1-2,5,12H,4H2. The van der Waals surface area contributed by atoms with Gasteiger partial charge in [-0.05, 0) is 34.1 Å². The smallest absolute Gasteiger partial charge is 0.124 e. The maximum atomic E-state index is 12.5. The molecule has 0 unspecified atom stereocenters. The maximum Gasteiger partial charge on any atom is 0.124 e. The van der Waals surface area contributed by atoms with Crippen LogP contribution in [0.25, 0.3) is 0 Å². The Morgan fingerprint density at radius 3 is 2.92 bits per heavy atom. The average molecular weight is 229 g/mol. The maximum absolute atomic E-state index is 12.5. The Kier molecular flexibility index (Phi) is 3.06. The third-order valence-corrected chi connectivity index (χ3v) is 1.95. The van der Waals surface area contributed by atoms with Gasteiger partial charge in [0.2, 0.25) is 0 Å². The SMILES string of the molecule is N#CCNc1ccc(F)cc1Br. The largest absolute Gasteiger partial charge is 0.371 e. The Bertz CT molecular complexity index is 319. The second-order valence-electron chi connectivity index (χ2n) is 2.14. The molecule has 1 N–H and O–H groups in total. The first kappa shape index (κ1) is 9.01. The second kappa shape index (κ2) is 4.07. The van der Waals surface area contributed by atoms with Gasteiger partial charge in [0.1, 0.15) is 12.4 Å². The summed E-state index contributed by atoms with van der Waals surface area (Å²) in [5, 5.41) is 11.1. The summed E-state index contributed by atoms with van der Waals surface area (Å²) in [6.07, 6.45) is 0. The van der Waals surface area contributed by atoms with Crippen molar-refractivity contribution in [2.75, 3.05) is 11.9 Å². The number of benzene rings is 1. The van der Waals surface area contributed by atoms with E-state index in [1.54, 1.807) is 6.07 Å². The molecule has 0 bridgehead atoms. The molecule has 0 fully saturated rings. The second-order valence-corrected chi connectivity index (χ2v) is 2.99. The summed E-state index contributed by atoms with van der Waals surface area (Å²) < 4.78 is 13.2. The van der Waals surface area contributed by atoms with E-state index in [9.17, 15) is 4.39 Å². The minimum Gasteiger partial charge on any atom is -0.371 e. The fourth-order valence-electron chi connectivity index (χ4n) is 0.768. The summed E-state index contributed by atoms with van der Waals surface area (Å²) in [7, 11) is 0. The van der Waals surface area contributed by atoms with Crippen molar-refractivity contribution in [1.82, 2.24) is 0 Å². The molecular formula is C8H6BrFN2. The lowest BCUT2D eigenvalue weighted by Crippen LogP contribution is -1.98. The third-order valence-electron chi connectivity index (χ3n) is 1.29. The van der Waals surface area contributed by atoms with E-state index in [4.69, 9.17) is 5.26 Å². The van der Waals surface area contributed by atoms with Gasteiger partial charge in [-0.1, -0.05) is 0 Å². The monoisotopic (exact) mass is 228 g/mol. The number of anilines is 1. The van der Waals surface area contributed by atoms with Gasteiger partial charge in [0.05, 0.1) is 6.07 Å². The van der Waals surface area contributed by atoms with Gasteiger partial charge < -0.3 is 5.32 Å². The summed E-state index contributed by atoms with van der Waals surface area (Å²) in [5.41, 5.74) is 0.720. The van der Waals surface area contributed by atoms with Gasteiger partial charge in [-0.3, -0.25) is 0 Å². The van der Waals surface area contributed by atoms with Crippen LogP contribution in [-0.2, 0) is 0 Å². The lowest BCUT2D eigenvalue weighted by molar-refractivity contribution is 0.627. The molecule has 1 rings (SSSR count). The molecule has 0 aliphatic rings. The number of rotatable bonds is 2. The number of nitrogens with one attached hydrogen (secondary N) is 1. The topological polar surface area (TPSA) is 35.8 Å². The van der Waals surface area contributed by atoms with Crippen molar-refractivity contribution >= 4 is 21.6 Å². The normalized spacial score (nSPS) is 9.08. The van der Waals surface area contributed by atoms with Gasteiger partial charge in [0.25, 0.3) is 0 Å². The molecular weight excluding hydrogens is 223 g/mol. The molecule has 0 radical (unpaired) electrons. The van der Waals surface area contributed by atoms with Crippen LogP contribution in [-0.4, -0.2) is 6.54 Å². The molecule has 4 heteroatoms. The van der Waals surface area contributed by atoms with Crippen molar-refractivity contribution in [3.8, 4) is 6.07 Å². The summed E-state index contributed by atoms with van der Waals surface area (Å²) in [4.78, 5) is 0. The van der Waals surface area contributed by atoms with Crippen molar-refractivity contribution in [1.29, 1.82) is 5.26 Å². The zero-order valence-corrected chi connectivity index (χ0v) is 7.73. The van der Waals surface area contributed by atoms with E-state index in [-0.39, 0.29) is 12.4 Å². The lowest BCUT2D eigenvalue weighted by atomic mass is 10.3. The predicted molar refractivity (Wildman–Crippen MR) is 48.2 cm³/mol. The van der Waals surface area contributed by atoms with Crippen molar-refractivity contribution in [3.63, 3.8) is 0 Å². The van der Waals surface area contributed by atoms with Gasteiger partial charge in [0, 0.05) is 10.2 Å². The lowest BCUT2D eigenvalue weighted by Gasteiger charge is -2.03. The Hall–Kier alpha value is -1.08.